The molecule has 2 aromatic rings. The summed E-state index contributed by atoms with van der Waals surface area (Å²) in [5.74, 6) is 1.09. The molecule has 0 aliphatic rings. The average molecular weight is 445 g/mol. The number of hydrogen-bond donors (Lipinski definition) is 2. The molecule has 2 rings (SSSR count). The third kappa shape index (κ3) is 5.84. The zero-order chi connectivity index (χ0) is 20.5. The summed E-state index contributed by atoms with van der Waals surface area (Å²) in [4.78, 5) is 30.2. The molecule has 1 aromatic heterocycles. The number of nitrogens with zero attached hydrogens (tertiary/aromatic N) is 4. The first-order chi connectivity index (χ1) is 13.5. The van der Waals surface area contributed by atoms with E-state index in [1.54, 1.807) is 25.1 Å². The van der Waals surface area contributed by atoms with Gasteiger partial charge in [0.2, 0.25) is 0 Å². The molecule has 0 aliphatic heterocycles. The Morgan fingerprint density at radius 2 is 2.07 bits per heavy atom. The van der Waals surface area contributed by atoms with E-state index in [1.807, 2.05) is 0 Å². The van der Waals surface area contributed by atoms with Gasteiger partial charge in [-0.15, -0.1) is 9.59 Å². The van der Waals surface area contributed by atoms with Gasteiger partial charge in [-0.3, -0.25) is 5.41 Å². The van der Waals surface area contributed by atoms with Gasteiger partial charge in [-0.05, 0) is 18.6 Å². The Kier molecular flexibility index (Phi) is 8.54. The molecular weight excluding hydrogens is 428 g/mol. The number of carbonyl (C=O) groups excluding carboxylic acids is 1. The zero-order valence-electron chi connectivity index (χ0n) is 14.8. The smallest absolute Gasteiger partial charge is 0.438 e. The molecule has 28 heavy (non-hydrogen) atoms. The number of ether oxygens (including phenoxy) is 1. The molecule has 13 heteroatoms. The number of benzene rings is 1. The molecule has 0 spiro atoms. The number of hydrogen-bond acceptors (Lipinski definition) is 11. The van der Waals surface area contributed by atoms with Gasteiger partial charge in [-0.2, -0.15) is 10.1 Å². The Labute approximate surface area is 173 Å². The van der Waals surface area contributed by atoms with E-state index in [4.69, 9.17) is 27.5 Å². The molecule has 0 fully saturated rings. The van der Waals surface area contributed by atoms with Crippen molar-refractivity contribution in [1.29, 1.82) is 5.41 Å². The van der Waals surface area contributed by atoms with Crippen LogP contribution >= 0.6 is 33.2 Å². The minimum absolute atomic E-state index is 0.0124. The molecule has 0 aliphatic carbocycles. The molecule has 0 radical (unpaired) electrons. The number of aromatic nitrogens is 3. The van der Waals surface area contributed by atoms with Gasteiger partial charge in [-0.25, -0.2) is 4.79 Å². The second kappa shape index (κ2) is 10.9. The first kappa shape index (κ1) is 22.0. The lowest BCUT2D eigenvalue weighted by Crippen LogP contribution is -2.34. The second-order valence-corrected chi connectivity index (χ2v) is 8.27. The lowest BCUT2D eigenvalue weighted by Gasteiger charge is -2.11. The van der Waals surface area contributed by atoms with Crippen molar-refractivity contribution < 1.29 is 14.4 Å². The van der Waals surface area contributed by atoms with Crippen LogP contribution in [0.15, 0.2) is 23.5 Å². The normalized spacial score (nSPS) is 10.5. The standard InChI is InChI=1S/C15H17ClN6O4S2/c1-9-10(3-2-4-11(9)16)12-13(17)19-14(18)22(20-12)15(23)25-5-7-27-28-8-6-26-21-24/h2-4H,5-8H2,1H3,(H3,17,18,19). The molecule has 0 amide bonds. The van der Waals surface area contributed by atoms with Crippen LogP contribution in [-0.2, 0) is 9.57 Å². The molecule has 1 heterocycles. The third-order valence-electron chi connectivity index (χ3n) is 3.35. The number of nitrogen functional groups attached to an aromatic ring is 1. The van der Waals surface area contributed by atoms with E-state index in [2.05, 4.69) is 20.3 Å². The molecule has 1 aromatic carbocycles. The van der Waals surface area contributed by atoms with Crippen molar-refractivity contribution in [3.8, 4) is 11.3 Å². The number of rotatable bonds is 9. The maximum absolute atomic E-state index is 12.3. The van der Waals surface area contributed by atoms with E-state index >= 15 is 0 Å². The van der Waals surface area contributed by atoms with E-state index in [1.165, 1.54) is 21.6 Å². The maximum Gasteiger partial charge on any atom is 0.438 e. The molecule has 3 N–H and O–H groups in total. The van der Waals surface area contributed by atoms with Gasteiger partial charge in [0, 0.05) is 22.1 Å². The van der Waals surface area contributed by atoms with Crippen LogP contribution < -0.4 is 11.4 Å². The van der Waals surface area contributed by atoms with Crippen molar-refractivity contribution in [2.24, 2.45) is 5.34 Å². The van der Waals surface area contributed by atoms with Crippen molar-refractivity contribution >= 4 is 45.1 Å². The number of carbonyl (C=O) groups is 1. The van der Waals surface area contributed by atoms with Gasteiger partial charge in [0.15, 0.2) is 11.2 Å². The Hall–Kier alpha value is -2.31. The van der Waals surface area contributed by atoms with Crippen molar-refractivity contribution in [1.82, 2.24) is 14.8 Å². The average Bonchev–Trinajstić information content (AvgIpc) is 2.66. The van der Waals surface area contributed by atoms with Crippen molar-refractivity contribution in [3.63, 3.8) is 0 Å². The molecule has 0 bridgehead atoms. The predicted octanol–water partition coefficient (Wildman–Crippen LogP) is 3.03. The van der Waals surface area contributed by atoms with E-state index in [9.17, 15) is 9.70 Å². The Morgan fingerprint density at radius 1 is 1.36 bits per heavy atom. The fraction of sp³-hybridized carbons (Fsp3) is 0.333. The van der Waals surface area contributed by atoms with Crippen LogP contribution in [0.2, 0.25) is 5.02 Å². The minimum atomic E-state index is -0.836. The number of nitrogens with one attached hydrogen (secondary N) is 1. The first-order valence-electron chi connectivity index (χ1n) is 7.88. The molecular formula is C15H17ClN6O4S2. The maximum atomic E-state index is 12.3. The van der Waals surface area contributed by atoms with Gasteiger partial charge in [0.05, 0.1) is 0 Å². The highest BCUT2D eigenvalue weighted by Crippen LogP contribution is 2.28. The zero-order valence-corrected chi connectivity index (χ0v) is 17.1. The third-order valence-corrected chi connectivity index (χ3v) is 6.09. The molecule has 0 saturated carbocycles. The van der Waals surface area contributed by atoms with Crippen LogP contribution in [-0.4, -0.2) is 45.6 Å². The van der Waals surface area contributed by atoms with Crippen LogP contribution in [0, 0.1) is 17.2 Å². The van der Waals surface area contributed by atoms with E-state index in [0.717, 1.165) is 10.2 Å². The Balaban J connectivity index is 2.03. The fourth-order valence-corrected chi connectivity index (χ4v) is 3.87. The summed E-state index contributed by atoms with van der Waals surface area (Å²) in [5, 5.41) is 14.8. The van der Waals surface area contributed by atoms with Gasteiger partial charge >= 0.3 is 6.09 Å². The van der Waals surface area contributed by atoms with E-state index < -0.39 is 11.7 Å². The van der Waals surface area contributed by atoms with Crippen LogP contribution in [0.1, 0.15) is 5.56 Å². The van der Waals surface area contributed by atoms with Gasteiger partial charge in [0.25, 0.3) is 5.62 Å². The van der Waals surface area contributed by atoms with Gasteiger partial charge in [0.1, 0.15) is 18.9 Å². The number of nitrogens with two attached hydrogens (primary N) is 1. The summed E-state index contributed by atoms with van der Waals surface area (Å²) in [5.41, 5.74) is 7.02. The summed E-state index contributed by atoms with van der Waals surface area (Å²) >= 11 is 6.13. The van der Waals surface area contributed by atoms with Crippen LogP contribution in [0.25, 0.3) is 11.3 Å². The minimum Gasteiger partial charge on any atom is -0.447 e. The molecule has 0 unspecified atom stereocenters. The number of anilines is 1. The highest BCUT2D eigenvalue weighted by Gasteiger charge is 2.16. The molecule has 10 nitrogen and oxygen atoms in total. The number of halogens is 1. The summed E-state index contributed by atoms with van der Waals surface area (Å²) in [6.45, 7) is 2.11. The van der Waals surface area contributed by atoms with Gasteiger partial charge < -0.3 is 15.3 Å². The topological polar surface area (TPSA) is 146 Å². The predicted molar refractivity (Wildman–Crippen MR) is 109 cm³/mol. The van der Waals surface area contributed by atoms with Crippen molar-refractivity contribution in [2.45, 2.75) is 6.92 Å². The lowest BCUT2D eigenvalue weighted by atomic mass is 10.1. The summed E-state index contributed by atoms with van der Waals surface area (Å²) in [6, 6.07) is 5.20. The molecule has 0 atom stereocenters. The Morgan fingerprint density at radius 3 is 2.79 bits per heavy atom. The van der Waals surface area contributed by atoms with Gasteiger partial charge in [-0.1, -0.05) is 45.3 Å². The van der Waals surface area contributed by atoms with Crippen molar-refractivity contribution in [3.05, 3.63) is 39.3 Å². The summed E-state index contributed by atoms with van der Waals surface area (Å²) in [6.07, 6.45) is -0.836. The summed E-state index contributed by atoms with van der Waals surface area (Å²) in [7, 11) is 2.89. The highest BCUT2D eigenvalue weighted by molar-refractivity contribution is 8.76. The monoisotopic (exact) mass is 444 g/mol. The SMILES string of the molecule is Cc1c(Cl)cccc1-c1nn(C(=O)OCCSSCCON=O)c(=N)nc1N. The van der Waals surface area contributed by atoms with E-state index in [-0.39, 0.29) is 24.7 Å². The molecule has 0 saturated heterocycles. The first-order valence-corrected chi connectivity index (χ1v) is 10.8. The lowest BCUT2D eigenvalue weighted by molar-refractivity contribution is 0.149. The van der Waals surface area contributed by atoms with Crippen molar-refractivity contribution in [2.75, 3.05) is 30.5 Å². The molecule has 150 valence electrons. The highest BCUT2D eigenvalue weighted by atomic mass is 35.5. The van der Waals surface area contributed by atoms with E-state index in [0.29, 0.717) is 22.1 Å². The fourth-order valence-electron chi connectivity index (χ4n) is 2.05. The Bertz CT molecular complexity index is 911. The van der Waals surface area contributed by atoms with Crippen LogP contribution in [0.5, 0.6) is 0 Å². The quantitative estimate of drug-likeness (QED) is 0.258. The second-order valence-electron chi connectivity index (χ2n) is 5.16. The van der Waals surface area contributed by atoms with Crippen LogP contribution in [0.4, 0.5) is 10.6 Å². The summed E-state index contributed by atoms with van der Waals surface area (Å²) < 4.78 is 5.87. The largest absolute Gasteiger partial charge is 0.447 e. The van der Waals surface area contributed by atoms with Crippen LogP contribution in [0.3, 0.4) is 0 Å².